The zero-order chi connectivity index (χ0) is 17.6. The number of anilines is 1. The first-order valence-corrected chi connectivity index (χ1v) is 7.14. The van der Waals surface area contributed by atoms with E-state index in [-0.39, 0.29) is 24.9 Å². The van der Waals surface area contributed by atoms with Crippen LogP contribution in [0.15, 0.2) is 36.5 Å². The molecule has 1 aromatic heterocycles. The van der Waals surface area contributed by atoms with Gasteiger partial charge >= 0.3 is 6.18 Å². The minimum absolute atomic E-state index is 0.120. The van der Waals surface area contributed by atoms with Gasteiger partial charge in [-0.15, -0.1) is 0 Å². The number of rotatable bonds is 7. The Labute approximate surface area is 135 Å². The first-order valence-electron chi connectivity index (χ1n) is 7.14. The van der Waals surface area contributed by atoms with Gasteiger partial charge in [0, 0.05) is 25.8 Å². The van der Waals surface area contributed by atoms with Gasteiger partial charge in [0.1, 0.15) is 11.5 Å². The lowest BCUT2D eigenvalue weighted by molar-refractivity contribution is -0.141. The lowest BCUT2D eigenvalue weighted by Crippen LogP contribution is -2.27. The number of aliphatic hydroxyl groups is 1. The summed E-state index contributed by atoms with van der Waals surface area (Å²) in [5, 5.41) is 15.5. The summed E-state index contributed by atoms with van der Waals surface area (Å²) in [6.07, 6.45) is -4.30. The molecule has 0 aliphatic heterocycles. The van der Waals surface area contributed by atoms with Crippen molar-refractivity contribution in [1.82, 2.24) is 15.3 Å². The summed E-state index contributed by atoms with van der Waals surface area (Å²) in [5.74, 6) is -0.505. The van der Waals surface area contributed by atoms with E-state index in [1.807, 2.05) is 0 Å². The van der Waals surface area contributed by atoms with Crippen molar-refractivity contribution < 1.29 is 22.7 Å². The van der Waals surface area contributed by atoms with E-state index in [4.69, 9.17) is 0 Å². The van der Waals surface area contributed by atoms with Crippen LogP contribution in [0.5, 0.6) is 0 Å². The number of benzene rings is 1. The van der Waals surface area contributed by atoms with Gasteiger partial charge in [-0.25, -0.2) is 14.4 Å². The average molecular weight is 344 g/mol. The predicted molar refractivity (Wildman–Crippen MR) is 79.8 cm³/mol. The van der Waals surface area contributed by atoms with Crippen LogP contribution < -0.4 is 10.6 Å². The molecule has 2 aromatic rings. The molecule has 3 N–H and O–H groups in total. The standard InChI is InChI=1S/C15H16F4N4O/c16-11-3-1-10(2-4-11)12(24)9-20-7-8-22-14-21-6-5-13(23-14)15(17,18)19/h1-6,12,20,24H,7-9H2,(H,21,22,23). The summed E-state index contributed by atoms with van der Waals surface area (Å²) < 4.78 is 50.3. The minimum Gasteiger partial charge on any atom is -0.387 e. The van der Waals surface area contributed by atoms with E-state index in [0.29, 0.717) is 12.1 Å². The molecule has 1 atom stereocenters. The van der Waals surface area contributed by atoms with Crippen LogP contribution in [0.4, 0.5) is 23.5 Å². The molecule has 0 amide bonds. The normalized spacial score (nSPS) is 12.9. The van der Waals surface area contributed by atoms with Crippen LogP contribution in [0.3, 0.4) is 0 Å². The second-order valence-electron chi connectivity index (χ2n) is 4.96. The van der Waals surface area contributed by atoms with Crippen LogP contribution in [0.1, 0.15) is 17.4 Å². The number of hydrogen-bond acceptors (Lipinski definition) is 5. The topological polar surface area (TPSA) is 70.1 Å². The Balaban J connectivity index is 1.72. The molecule has 1 heterocycles. The summed E-state index contributed by atoms with van der Waals surface area (Å²) in [4.78, 5) is 7.08. The van der Waals surface area contributed by atoms with Gasteiger partial charge in [-0.05, 0) is 23.8 Å². The lowest BCUT2D eigenvalue weighted by Gasteiger charge is -2.13. The highest BCUT2D eigenvalue weighted by molar-refractivity contribution is 5.26. The molecule has 0 radical (unpaired) electrons. The van der Waals surface area contributed by atoms with Crippen LogP contribution in [-0.2, 0) is 6.18 Å². The highest BCUT2D eigenvalue weighted by atomic mass is 19.4. The van der Waals surface area contributed by atoms with E-state index in [1.165, 1.54) is 24.3 Å². The zero-order valence-electron chi connectivity index (χ0n) is 12.5. The van der Waals surface area contributed by atoms with E-state index in [0.717, 1.165) is 12.3 Å². The van der Waals surface area contributed by atoms with Crippen LogP contribution in [0.2, 0.25) is 0 Å². The number of aliphatic hydroxyl groups excluding tert-OH is 1. The quantitative estimate of drug-likeness (QED) is 0.531. The van der Waals surface area contributed by atoms with Crippen molar-refractivity contribution in [1.29, 1.82) is 0 Å². The molecule has 0 saturated carbocycles. The SMILES string of the molecule is OC(CNCCNc1nccc(C(F)(F)F)n1)c1ccc(F)cc1. The highest BCUT2D eigenvalue weighted by Crippen LogP contribution is 2.27. The fourth-order valence-corrected chi connectivity index (χ4v) is 1.91. The molecule has 0 aliphatic rings. The van der Waals surface area contributed by atoms with Crippen LogP contribution >= 0.6 is 0 Å². The van der Waals surface area contributed by atoms with Crippen molar-refractivity contribution in [2.75, 3.05) is 25.0 Å². The highest BCUT2D eigenvalue weighted by Gasteiger charge is 2.32. The van der Waals surface area contributed by atoms with Gasteiger partial charge in [-0.3, -0.25) is 0 Å². The molecular weight excluding hydrogens is 328 g/mol. The van der Waals surface area contributed by atoms with Crippen molar-refractivity contribution in [2.45, 2.75) is 12.3 Å². The Bertz CT molecular complexity index is 649. The lowest BCUT2D eigenvalue weighted by atomic mass is 10.1. The maximum atomic E-state index is 12.8. The number of nitrogens with one attached hydrogen (secondary N) is 2. The third-order valence-corrected chi connectivity index (χ3v) is 3.12. The summed E-state index contributed by atoms with van der Waals surface area (Å²) in [6, 6.07) is 6.27. The number of hydrogen-bond donors (Lipinski definition) is 3. The van der Waals surface area contributed by atoms with Gasteiger partial charge in [0.05, 0.1) is 6.10 Å². The largest absolute Gasteiger partial charge is 0.433 e. The average Bonchev–Trinajstić information content (AvgIpc) is 2.54. The third-order valence-electron chi connectivity index (χ3n) is 3.12. The van der Waals surface area contributed by atoms with Crippen LogP contribution in [-0.4, -0.2) is 34.7 Å². The summed E-state index contributed by atoms with van der Waals surface area (Å²) in [7, 11) is 0. The Morgan fingerprint density at radius 3 is 2.46 bits per heavy atom. The molecule has 0 aliphatic carbocycles. The molecule has 0 saturated heterocycles. The fraction of sp³-hybridized carbons (Fsp3) is 0.333. The Morgan fingerprint density at radius 1 is 1.08 bits per heavy atom. The van der Waals surface area contributed by atoms with Gasteiger partial charge in [0.25, 0.3) is 0 Å². The van der Waals surface area contributed by atoms with Crippen LogP contribution in [0, 0.1) is 5.82 Å². The monoisotopic (exact) mass is 344 g/mol. The van der Waals surface area contributed by atoms with Crippen molar-refractivity contribution in [3.8, 4) is 0 Å². The van der Waals surface area contributed by atoms with Crippen molar-refractivity contribution in [3.05, 3.63) is 53.6 Å². The molecule has 130 valence electrons. The minimum atomic E-state index is -4.52. The molecule has 5 nitrogen and oxygen atoms in total. The Morgan fingerprint density at radius 2 is 1.79 bits per heavy atom. The van der Waals surface area contributed by atoms with E-state index < -0.39 is 18.0 Å². The summed E-state index contributed by atoms with van der Waals surface area (Å²) in [6.45, 7) is 0.867. The van der Waals surface area contributed by atoms with E-state index in [9.17, 15) is 22.7 Å². The zero-order valence-corrected chi connectivity index (χ0v) is 12.5. The van der Waals surface area contributed by atoms with Crippen molar-refractivity contribution in [2.24, 2.45) is 0 Å². The molecule has 1 unspecified atom stereocenters. The van der Waals surface area contributed by atoms with Gasteiger partial charge in [-0.2, -0.15) is 13.2 Å². The fourth-order valence-electron chi connectivity index (χ4n) is 1.91. The molecular formula is C15H16F4N4O. The first-order chi connectivity index (χ1) is 11.4. The van der Waals surface area contributed by atoms with E-state index in [2.05, 4.69) is 20.6 Å². The Hall–Kier alpha value is -2.26. The van der Waals surface area contributed by atoms with Gasteiger partial charge in [0.15, 0.2) is 0 Å². The second kappa shape index (κ2) is 8.02. The molecule has 2 rings (SSSR count). The van der Waals surface area contributed by atoms with Crippen molar-refractivity contribution in [3.63, 3.8) is 0 Å². The van der Waals surface area contributed by atoms with Gasteiger partial charge < -0.3 is 15.7 Å². The molecule has 0 fully saturated rings. The maximum absolute atomic E-state index is 12.8. The Kier molecular flexibility index (Phi) is 6.04. The predicted octanol–water partition coefficient (Wildman–Crippen LogP) is 2.37. The van der Waals surface area contributed by atoms with Gasteiger partial charge in [0.2, 0.25) is 5.95 Å². The smallest absolute Gasteiger partial charge is 0.387 e. The van der Waals surface area contributed by atoms with E-state index >= 15 is 0 Å². The molecule has 24 heavy (non-hydrogen) atoms. The first kappa shape index (κ1) is 18.1. The summed E-state index contributed by atoms with van der Waals surface area (Å²) >= 11 is 0. The van der Waals surface area contributed by atoms with E-state index in [1.54, 1.807) is 0 Å². The number of halogens is 4. The number of nitrogens with zero attached hydrogens (tertiary/aromatic N) is 2. The molecule has 0 spiro atoms. The van der Waals surface area contributed by atoms with Crippen LogP contribution in [0.25, 0.3) is 0 Å². The summed E-state index contributed by atoms with van der Waals surface area (Å²) in [5.41, 5.74) is -0.447. The maximum Gasteiger partial charge on any atom is 0.433 e. The second-order valence-corrected chi connectivity index (χ2v) is 4.96. The molecule has 0 bridgehead atoms. The number of alkyl halides is 3. The number of aromatic nitrogens is 2. The van der Waals surface area contributed by atoms with Crippen molar-refractivity contribution >= 4 is 5.95 Å². The van der Waals surface area contributed by atoms with Gasteiger partial charge in [-0.1, -0.05) is 12.1 Å². The molecule has 9 heteroatoms. The third kappa shape index (κ3) is 5.43. The molecule has 1 aromatic carbocycles.